The molecule has 1 aliphatic rings. The highest BCUT2D eigenvalue weighted by atomic mass is 32.2. The zero-order valence-corrected chi connectivity index (χ0v) is 12.5. The van der Waals surface area contributed by atoms with Gasteiger partial charge >= 0.3 is 5.51 Å². The maximum absolute atomic E-state index is 12.7. The Morgan fingerprint density at radius 3 is 2.57 bits per heavy atom. The van der Waals surface area contributed by atoms with Crippen LogP contribution in [0.2, 0.25) is 0 Å². The van der Waals surface area contributed by atoms with Crippen molar-refractivity contribution in [2.75, 3.05) is 26.2 Å². The fraction of sp³-hybridized carbons (Fsp3) is 0.467. The van der Waals surface area contributed by atoms with Crippen LogP contribution >= 0.6 is 11.8 Å². The quantitative estimate of drug-likeness (QED) is 0.657. The van der Waals surface area contributed by atoms with Crippen LogP contribution in [0.3, 0.4) is 0 Å². The van der Waals surface area contributed by atoms with Gasteiger partial charge in [-0.15, -0.1) is 6.58 Å². The molecule has 1 saturated heterocycles. The van der Waals surface area contributed by atoms with Crippen molar-refractivity contribution in [3.05, 3.63) is 42.5 Å². The van der Waals surface area contributed by atoms with Crippen molar-refractivity contribution in [3.8, 4) is 0 Å². The number of hydrogen-bond donors (Lipinski definition) is 1. The molecule has 2 rings (SSSR count). The van der Waals surface area contributed by atoms with Crippen LogP contribution in [-0.4, -0.2) is 36.6 Å². The molecule has 116 valence electrons. The number of benzene rings is 1. The molecule has 0 radical (unpaired) electrons. The molecule has 0 aromatic heterocycles. The molecule has 1 aromatic carbocycles. The molecular weight excluding hydrogens is 297 g/mol. The molecule has 21 heavy (non-hydrogen) atoms. The van der Waals surface area contributed by atoms with E-state index in [4.69, 9.17) is 0 Å². The summed E-state index contributed by atoms with van der Waals surface area (Å²) in [5, 5.41) is 3.26. The van der Waals surface area contributed by atoms with Crippen molar-refractivity contribution in [1.29, 1.82) is 0 Å². The summed E-state index contributed by atoms with van der Waals surface area (Å²) < 4.78 is 38.2. The third-order valence-electron chi connectivity index (χ3n) is 3.49. The second-order valence-corrected chi connectivity index (χ2v) is 6.02. The highest BCUT2D eigenvalue weighted by molar-refractivity contribution is 8.00. The normalized spacial score (nSPS) is 18.4. The number of thioether (sulfide) groups is 1. The van der Waals surface area contributed by atoms with Crippen LogP contribution in [0.15, 0.2) is 41.8 Å². The standard InChI is InChI=1S/C15H19F3N2S/c1-2-5-13(20-10-8-19-9-11-20)12-6-3-4-7-14(12)21-15(16,17)18/h2-4,6-7,13,19H,1,5,8-11H2/t13-/m0/s1. The summed E-state index contributed by atoms with van der Waals surface area (Å²) in [6, 6.07) is 6.75. The molecule has 0 aliphatic carbocycles. The van der Waals surface area contributed by atoms with Gasteiger partial charge in [-0.1, -0.05) is 24.3 Å². The number of halogens is 3. The van der Waals surface area contributed by atoms with Gasteiger partial charge in [0.15, 0.2) is 0 Å². The molecule has 6 heteroatoms. The van der Waals surface area contributed by atoms with Gasteiger partial charge in [-0.05, 0) is 29.8 Å². The van der Waals surface area contributed by atoms with Gasteiger partial charge in [-0.3, -0.25) is 4.90 Å². The largest absolute Gasteiger partial charge is 0.446 e. The Morgan fingerprint density at radius 1 is 1.29 bits per heavy atom. The average Bonchev–Trinajstić information content (AvgIpc) is 2.45. The summed E-state index contributed by atoms with van der Waals surface area (Å²) in [7, 11) is 0. The van der Waals surface area contributed by atoms with Crippen molar-refractivity contribution in [1.82, 2.24) is 10.2 Å². The van der Waals surface area contributed by atoms with E-state index in [2.05, 4.69) is 16.8 Å². The van der Waals surface area contributed by atoms with Crippen molar-refractivity contribution >= 4 is 11.8 Å². The van der Waals surface area contributed by atoms with E-state index < -0.39 is 5.51 Å². The Morgan fingerprint density at radius 2 is 1.95 bits per heavy atom. The Labute approximate surface area is 127 Å². The van der Waals surface area contributed by atoms with Crippen LogP contribution in [0, 0.1) is 0 Å². The molecule has 1 heterocycles. The topological polar surface area (TPSA) is 15.3 Å². The monoisotopic (exact) mass is 316 g/mol. The molecule has 0 bridgehead atoms. The lowest BCUT2D eigenvalue weighted by atomic mass is 10.0. The van der Waals surface area contributed by atoms with E-state index in [1.165, 1.54) is 0 Å². The van der Waals surface area contributed by atoms with Gasteiger partial charge in [0, 0.05) is 37.1 Å². The first-order chi connectivity index (χ1) is 10.0. The van der Waals surface area contributed by atoms with Crippen molar-refractivity contribution in [2.24, 2.45) is 0 Å². The van der Waals surface area contributed by atoms with Gasteiger partial charge in [-0.25, -0.2) is 0 Å². The number of nitrogens with zero attached hydrogens (tertiary/aromatic N) is 1. The first-order valence-electron chi connectivity index (χ1n) is 6.91. The van der Waals surface area contributed by atoms with Crippen molar-refractivity contribution in [2.45, 2.75) is 22.9 Å². The minimum Gasteiger partial charge on any atom is -0.314 e. The number of piperazine rings is 1. The summed E-state index contributed by atoms with van der Waals surface area (Å²) in [5.74, 6) is 0. The Hall–Kier alpha value is -0.980. The molecule has 0 amide bonds. The first-order valence-corrected chi connectivity index (χ1v) is 7.73. The second-order valence-electron chi connectivity index (χ2n) is 4.91. The molecule has 1 N–H and O–H groups in total. The third-order valence-corrected chi connectivity index (χ3v) is 4.31. The summed E-state index contributed by atoms with van der Waals surface area (Å²) >= 11 is -0.0310. The number of rotatable bonds is 5. The molecule has 2 nitrogen and oxygen atoms in total. The van der Waals surface area contributed by atoms with Crippen LogP contribution in [0.5, 0.6) is 0 Å². The zero-order valence-electron chi connectivity index (χ0n) is 11.7. The van der Waals surface area contributed by atoms with Gasteiger partial charge in [0.05, 0.1) is 0 Å². The second kappa shape index (κ2) is 7.33. The predicted octanol–water partition coefficient (Wildman–Crippen LogP) is 3.82. The lowest BCUT2D eigenvalue weighted by molar-refractivity contribution is -0.0328. The van der Waals surface area contributed by atoms with Gasteiger partial charge < -0.3 is 5.32 Å². The van der Waals surface area contributed by atoms with Crippen LogP contribution in [0.4, 0.5) is 13.2 Å². The molecule has 1 atom stereocenters. The number of hydrogen-bond acceptors (Lipinski definition) is 3. The SMILES string of the molecule is C=CC[C@@H](c1ccccc1SC(F)(F)F)N1CCNCC1. The highest BCUT2D eigenvalue weighted by Crippen LogP contribution is 2.41. The van der Waals surface area contributed by atoms with E-state index in [-0.39, 0.29) is 22.7 Å². The van der Waals surface area contributed by atoms with Crippen molar-refractivity contribution < 1.29 is 13.2 Å². The van der Waals surface area contributed by atoms with Gasteiger partial charge in [0.25, 0.3) is 0 Å². The summed E-state index contributed by atoms with van der Waals surface area (Å²) in [6.45, 7) is 7.15. The average molecular weight is 316 g/mol. The Balaban J connectivity index is 2.28. The van der Waals surface area contributed by atoms with E-state index in [1.807, 2.05) is 0 Å². The molecule has 1 aliphatic heterocycles. The van der Waals surface area contributed by atoms with Crippen LogP contribution in [0.1, 0.15) is 18.0 Å². The van der Waals surface area contributed by atoms with Crippen LogP contribution in [-0.2, 0) is 0 Å². The molecule has 1 fully saturated rings. The van der Waals surface area contributed by atoms with Gasteiger partial charge in [0.1, 0.15) is 0 Å². The Bertz CT molecular complexity index is 470. The summed E-state index contributed by atoms with van der Waals surface area (Å²) in [5.41, 5.74) is -3.53. The Kier molecular flexibility index (Phi) is 5.72. The maximum atomic E-state index is 12.7. The van der Waals surface area contributed by atoms with Crippen LogP contribution in [0.25, 0.3) is 0 Å². The highest BCUT2D eigenvalue weighted by Gasteiger charge is 2.32. The minimum atomic E-state index is -4.27. The minimum absolute atomic E-state index is 0.0310. The molecular formula is C15H19F3N2S. The van der Waals surface area contributed by atoms with E-state index >= 15 is 0 Å². The molecule has 0 unspecified atom stereocenters. The van der Waals surface area contributed by atoms with Gasteiger partial charge in [0.2, 0.25) is 0 Å². The summed E-state index contributed by atoms with van der Waals surface area (Å²) in [4.78, 5) is 2.52. The fourth-order valence-corrected chi connectivity index (χ4v) is 3.32. The van der Waals surface area contributed by atoms with Crippen LogP contribution < -0.4 is 5.32 Å². The smallest absolute Gasteiger partial charge is 0.314 e. The predicted molar refractivity (Wildman–Crippen MR) is 80.4 cm³/mol. The third kappa shape index (κ3) is 4.76. The zero-order chi connectivity index (χ0) is 15.3. The maximum Gasteiger partial charge on any atom is 0.446 e. The van der Waals surface area contributed by atoms with E-state index in [0.29, 0.717) is 6.42 Å². The first kappa shape index (κ1) is 16.4. The lowest BCUT2D eigenvalue weighted by Crippen LogP contribution is -2.45. The molecule has 1 aromatic rings. The fourth-order valence-electron chi connectivity index (χ4n) is 2.60. The molecule has 0 saturated carbocycles. The van der Waals surface area contributed by atoms with E-state index in [0.717, 1.165) is 31.7 Å². The lowest BCUT2D eigenvalue weighted by Gasteiger charge is -2.35. The van der Waals surface area contributed by atoms with E-state index in [1.54, 1.807) is 30.3 Å². The number of nitrogens with one attached hydrogen (secondary N) is 1. The number of alkyl halides is 3. The molecule has 0 spiro atoms. The van der Waals surface area contributed by atoms with E-state index in [9.17, 15) is 13.2 Å². The van der Waals surface area contributed by atoms with Gasteiger partial charge in [-0.2, -0.15) is 13.2 Å². The summed E-state index contributed by atoms with van der Waals surface area (Å²) in [6.07, 6.45) is 2.43. The van der Waals surface area contributed by atoms with Crippen molar-refractivity contribution in [3.63, 3.8) is 0 Å².